The van der Waals surface area contributed by atoms with Crippen LogP contribution in [0.15, 0.2) is 59.8 Å². The molecule has 0 saturated carbocycles. The molecule has 2 aliphatic rings. The number of benzene rings is 1. The highest BCUT2D eigenvalue weighted by Crippen LogP contribution is 2.50. The Morgan fingerprint density at radius 2 is 1.91 bits per heavy atom. The SMILES string of the molecule is CN(C)C(=O)[C@@H]1[C@@H](CO)[C@@H]2Cn3c(ccc(-c4ccccc4F)c3=O)[C@@H]2N1C(=O)c1cnccn1. The molecule has 2 aliphatic heterocycles. The second kappa shape index (κ2) is 8.70. The number of likely N-dealkylation sites (N-methyl/N-ethyl adjacent to an activating group) is 1. The van der Waals surface area contributed by atoms with Gasteiger partial charge in [-0.15, -0.1) is 0 Å². The minimum atomic E-state index is -0.936. The van der Waals surface area contributed by atoms with Gasteiger partial charge in [-0.3, -0.25) is 19.4 Å². The first-order valence-electron chi connectivity index (χ1n) is 11.2. The molecule has 4 heterocycles. The number of hydrogen-bond acceptors (Lipinski definition) is 6. The number of aliphatic hydroxyl groups is 1. The normalized spacial score (nSPS) is 22.6. The third kappa shape index (κ3) is 3.52. The van der Waals surface area contributed by atoms with Crippen molar-refractivity contribution in [2.24, 2.45) is 11.8 Å². The van der Waals surface area contributed by atoms with E-state index < -0.39 is 35.6 Å². The van der Waals surface area contributed by atoms with Crippen molar-refractivity contribution in [1.29, 1.82) is 0 Å². The van der Waals surface area contributed by atoms with Crippen LogP contribution in [0.4, 0.5) is 4.39 Å². The number of carbonyl (C=O) groups is 2. The summed E-state index contributed by atoms with van der Waals surface area (Å²) in [6, 6.07) is 7.72. The van der Waals surface area contributed by atoms with Gasteiger partial charge in [0, 0.05) is 62.7 Å². The zero-order valence-corrected chi connectivity index (χ0v) is 19.2. The lowest BCUT2D eigenvalue weighted by Gasteiger charge is -2.32. The summed E-state index contributed by atoms with van der Waals surface area (Å²) in [7, 11) is 3.18. The molecule has 10 heteroatoms. The van der Waals surface area contributed by atoms with Gasteiger partial charge in [0.2, 0.25) is 5.91 Å². The van der Waals surface area contributed by atoms with Gasteiger partial charge in [0.1, 0.15) is 17.6 Å². The van der Waals surface area contributed by atoms with Crippen molar-refractivity contribution in [2.75, 3.05) is 20.7 Å². The van der Waals surface area contributed by atoms with E-state index in [1.54, 1.807) is 44.4 Å². The van der Waals surface area contributed by atoms with Crippen LogP contribution in [-0.4, -0.2) is 68.0 Å². The van der Waals surface area contributed by atoms with Gasteiger partial charge in [-0.25, -0.2) is 9.37 Å². The van der Waals surface area contributed by atoms with E-state index in [4.69, 9.17) is 0 Å². The molecule has 3 aromatic rings. The molecule has 2 aromatic heterocycles. The largest absolute Gasteiger partial charge is 0.396 e. The number of nitrogens with zero attached hydrogens (tertiary/aromatic N) is 5. The van der Waals surface area contributed by atoms with Crippen molar-refractivity contribution in [1.82, 2.24) is 24.3 Å². The van der Waals surface area contributed by atoms with Crippen molar-refractivity contribution in [3.63, 3.8) is 0 Å². The minimum Gasteiger partial charge on any atom is -0.396 e. The number of carbonyl (C=O) groups excluding carboxylic acids is 2. The monoisotopic (exact) mass is 477 g/mol. The van der Waals surface area contributed by atoms with Crippen LogP contribution >= 0.6 is 0 Å². The van der Waals surface area contributed by atoms with Gasteiger partial charge in [0.05, 0.1) is 17.8 Å². The van der Waals surface area contributed by atoms with E-state index in [-0.39, 0.29) is 41.4 Å². The number of fused-ring (bicyclic) bond motifs is 3. The number of rotatable bonds is 4. The summed E-state index contributed by atoms with van der Waals surface area (Å²) >= 11 is 0. The van der Waals surface area contributed by atoms with Crippen molar-refractivity contribution >= 4 is 11.8 Å². The fraction of sp³-hybridized carbons (Fsp3) is 0.320. The first-order chi connectivity index (χ1) is 16.8. The van der Waals surface area contributed by atoms with E-state index in [0.717, 1.165) is 0 Å². The Kier molecular flexibility index (Phi) is 5.68. The Bertz CT molecular complexity index is 1360. The summed E-state index contributed by atoms with van der Waals surface area (Å²) in [6.45, 7) is -0.160. The number of likely N-dealkylation sites (tertiary alicyclic amines) is 1. The predicted molar refractivity (Wildman–Crippen MR) is 124 cm³/mol. The number of halogens is 1. The molecule has 1 aromatic carbocycles. The third-order valence-corrected chi connectivity index (χ3v) is 6.95. The van der Waals surface area contributed by atoms with E-state index in [9.17, 15) is 23.9 Å². The van der Waals surface area contributed by atoms with Gasteiger partial charge in [0.25, 0.3) is 11.5 Å². The number of amides is 2. The zero-order chi connectivity index (χ0) is 24.9. The maximum absolute atomic E-state index is 14.4. The molecular formula is C25H24FN5O4. The second-order valence-corrected chi connectivity index (χ2v) is 9.00. The smallest absolute Gasteiger partial charge is 0.275 e. The highest BCUT2D eigenvalue weighted by Gasteiger charge is 2.58. The van der Waals surface area contributed by atoms with Gasteiger partial charge < -0.3 is 19.5 Å². The van der Waals surface area contributed by atoms with Gasteiger partial charge in [-0.05, 0) is 18.2 Å². The molecule has 0 radical (unpaired) electrons. The van der Waals surface area contributed by atoms with Crippen LogP contribution in [0, 0.1) is 17.7 Å². The molecule has 35 heavy (non-hydrogen) atoms. The van der Waals surface area contributed by atoms with Crippen LogP contribution in [-0.2, 0) is 11.3 Å². The lowest BCUT2D eigenvalue weighted by atomic mass is 9.88. The van der Waals surface area contributed by atoms with Gasteiger partial charge in [-0.2, -0.15) is 0 Å². The maximum Gasteiger partial charge on any atom is 0.275 e. The second-order valence-electron chi connectivity index (χ2n) is 9.00. The quantitative estimate of drug-likeness (QED) is 0.608. The summed E-state index contributed by atoms with van der Waals surface area (Å²) in [4.78, 5) is 51.2. The molecule has 1 fully saturated rings. The molecule has 5 rings (SSSR count). The van der Waals surface area contributed by atoms with Crippen molar-refractivity contribution < 1.29 is 19.1 Å². The number of pyridine rings is 1. The molecule has 2 amide bonds. The average Bonchev–Trinajstić information content (AvgIpc) is 3.39. The number of hydrogen-bond donors (Lipinski definition) is 1. The first kappa shape index (κ1) is 22.9. The molecule has 9 nitrogen and oxygen atoms in total. The van der Waals surface area contributed by atoms with E-state index in [0.29, 0.717) is 5.69 Å². The first-order valence-corrected chi connectivity index (χ1v) is 11.2. The lowest BCUT2D eigenvalue weighted by Crippen LogP contribution is -2.50. The molecule has 1 saturated heterocycles. The van der Waals surface area contributed by atoms with Crippen LogP contribution < -0.4 is 5.56 Å². The molecule has 1 N–H and O–H groups in total. The maximum atomic E-state index is 14.4. The number of aliphatic hydroxyl groups excluding tert-OH is 1. The summed E-state index contributed by atoms with van der Waals surface area (Å²) in [5, 5.41) is 10.3. The summed E-state index contributed by atoms with van der Waals surface area (Å²) < 4.78 is 16.0. The fourth-order valence-corrected chi connectivity index (χ4v) is 5.38. The topological polar surface area (TPSA) is 109 Å². The van der Waals surface area contributed by atoms with Crippen LogP contribution in [0.25, 0.3) is 11.1 Å². The summed E-state index contributed by atoms with van der Waals surface area (Å²) in [5.74, 6) is -2.34. The van der Waals surface area contributed by atoms with Gasteiger partial charge in [-0.1, -0.05) is 18.2 Å². The Morgan fingerprint density at radius 3 is 2.57 bits per heavy atom. The number of aromatic nitrogens is 3. The van der Waals surface area contributed by atoms with Crippen molar-refractivity contribution in [3.05, 3.63) is 82.5 Å². The minimum absolute atomic E-state index is 0.0603. The van der Waals surface area contributed by atoms with Gasteiger partial charge in [0.15, 0.2) is 0 Å². The molecule has 0 spiro atoms. The Morgan fingerprint density at radius 1 is 1.14 bits per heavy atom. The van der Waals surface area contributed by atoms with Gasteiger partial charge >= 0.3 is 0 Å². The fourth-order valence-electron chi connectivity index (χ4n) is 5.38. The zero-order valence-electron chi connectivity index (χ0n) is 19.2. The van der Waals surface area contributed by atoms with E-state index in [2.05, 4.69) is 9.97 Å². The standard InChI is InChI=1S/C25H24FN5O4/c1-29(2)25(35)22-17(13-32)16-12-30-20(21(16)31(22)24(34)19-11-27-9-10-28-19)8-7-15(23(30)33)14-5-3-4-6-18(14)26/h3-11,16-17,21-22,32H,12-13H2,1-2H3/t16-,17-,21+,22-/m0/s1. The lowest BCUT2D eigenvalue weighted by molar-refractivity contribution is -0.134. The molecular weight excluding hydrogens is 453 g/mol. The molecule has 4 atom stereocenters. The van der Waals surface area contributed by atoms with E-state index in [1.165, 1.54) is 39.0 Å². The molecule has 0 aliphatic carbocycles. The average molecular weight is 477 g/mol. The Balaban J connectivity index is 1.66. The van der Waals surface area contributed by atoms with Crippen LogP contribution in [0.3, 0.4) is 0 Å². The van der Waals surface area contributed by atoms with Crippen LogP contribution in [0.5, 0.6) is 0 Å². The van der Waals surface area contributed by atoms with E-state index >= 15 is 0 Å². The molecule has 0 bridgehead atoms. The summed E-state index contributed by atoms with van der Waals surface area (Å²) in [5.41, 5.74) is 0.605. The van der Waals surface area contributed by atoms with Crippen molar-refractivity contribution in [3.8, 4) is 11.1 Å². The highest BCUT2D eigenvalue weighted by molar-refractivity contribution is 5.97. The third-order valence-electron chi connectivity index (χ3n) is 6.95. The Labute approximate surface area is 200 Å². The molecule has 180 valence electrons. The Hall–Kier alpha value is -3.92. The predicted octanol–water partition coefficient (Wildman–Crippen LogP) is 1.34. The highest BCUT2D eigenvalue weighted by atomic mass is 19.1. The van der Waals surface area contributed by atoms with Crippen LogP contribution in [0.2, 0.25) is 0 Å². The van der Waals surface area contributed by atoms with E-state index in [1.807, 2.05) is 0 Å². The van der Waals surface area contributed by atoms with Crippen LogP contribution in [0.1, 0.15) is 22.2 Å². The summed E-state index contributed by atoms with van der Waals surface area (Å²) in [6.07, 6.45) is 4.15. The van der Waals surface area contributed by atoms with Crippen molar-refractivity contribution in [2.45, 2.75) is 18.6 Å². The molecule has 0 unspecified atom stereocenters.